The number of halogens is 2. The average molecular weight is 480 g/mol. The molecule has 0 bridgehead atoms. The minimum absolute atomic E-state index is 0.0663. The van der Waals surface area contributed by atoms with E-state index >= 15 is 0 Å². The molecule has 2 aliphatic heterocycles. The summed E-state index contributed by atoms with van der Waals surface area (Å²) in [7, 11) is -3.81. The van der Waals surface area contributed by atoms with Crippen LogP contribution in [0.15, 0.2) is 47.4 Å². The Morgan fingerprint density at radius 3 is 2.34 bits per heavy atom. The van der Waals surface area contributed by atoms with Gasteiger partial charge in [-0.15, -0.1) is 0 Å². The molecular weight excluding hydrogens is 457 g/mol. The predicted octanol–water partition coefficient (Wildman–Crippen LogP) is 3.65. The van der Waals surface area contributed by atoms with Gasteiger partial charge in [0, 0.05) is 43.3 Å². The van der Waals surface area contributed by atoms with Crippen molar-refractivity contribution in [1.29, 1.82) is 0 Å². The maximum atomic E-state index is 13.4. The molecule has 0 spiro atoms. The second kappa shape index (κ2) is 9.17. The van der Waals surface area contributed by atoms with E-state index in [2.05, 4.69) is 5.32 Å². The quantitative estimate of drug-likeness (QED) is 0.709. The van der Waals surface area contributed by atoms with Gasteiger partial charge in [-0.2, -0.15) is 4.31 Å². The molecule has 32 heavy (non-hydrogen) atoms. The maximum Gasteiger partial charge on any atom is 0.243 e. The Bertz CT molecular complexity index is 1130. The van der Waals surface area contributed by atoms with Crippen molar-refractivity contribution in [3.8, 4) is 0 Å². The number of hydrogen-bond donors (Lipinski definition) is 1. The second-order valence-electron chi connectivity index (χ2n) is 7.94. The molecule has 2 aromatic rings. The Morgan fingerprint density at radius 1 is 1.06 bits per heavy atom. The number of anilines is 2. The van der Waals surface area contributed by atoms with E-state index < -0.39 is 15.8 Å². The molecule has 2 aliphatic rings. The Labute approximate surface area is 191 Å². The molecule has 0 aliphatic carbocycles. The van der Waals surface area contributed by atoms with Crippen molar-refractivity contribution in [3.63, 3.8) is 0 Å². The largest absolute Gasteiger partial charge is 0.326 e. The van der Waals surface area contributed by atoms with Crippen LogP contribution >= 0.6 is 11.6 Å². The van der Waals surface area contributed by atoms with E-state index in [-0.39, 0.29) is 40.7 Å². The van der Waals surface area contributed by atoms with E-state index in [1.165, 1.54) is 10.4 Å². The predicted molar refractivity (Wildman–Crippen MR) is 120 cm³/mol. The standard InChI is InChI=1S/C22H23ClFN3O4S/c23-19-14-18(7-8-20(19)24)32(30,31)26-12-9-15(10-13-26)22(29)25-16-3-5-17(6-4-16)27-11-1-2-21(27)28/h3-8,14-15H,1-2,9-13H2,(H,25,29). The second-order valence-corrected chi connectivity index (χ2v) is 10.3. The third-order valence-corrected chi connectivity index (χ3v) is 8.06. The van der Waals surface area contributed by atoms with Gasteiger partial charge in [-0.1, -0.05) is 11.6 Å². The molecule has 0 unspecified atom stereocenters. The molecule has 2 fully saturated rings. The van der Waals surface area contributed by atoms with Crippen LogP contribution in [0.2, 0.25) is 5.02 Å². The lowest BCUT2D eigenvalue weighted by molar-refractivity contribution is -0.121. The van der Waals surface area contributed by atoms with Gasteiger partial charge >= 0.3 is 0 Å². The van der Waals surface area contributed by atoms with Crippen molar-refractivity contribution in [1.82, 2.24) is 4.31 Å². The molecule has 0 saturated carbocycles. The highest BCUT2D eigenvalue weighted by Gasteiger charge is 2.32. The molecule has 170 valence electrons. The number of hydrogen-bond acceptors (Lipinski definition) is 4. The summed E-state index contributed by atoms with van der Waals surface area (Å²) in [4.78, 5) is 26.2. The van der Waals surface area contributed by atoms with E-state index in [9.17, 15) is 22.4 Å². The number of carbonyl (C=O) groups excluding carboxylic acids is 2. The number of nitrogens with zero attached hydrogens (tertiary/aromatic N) is 2. The fraction of sp³-hybridized carbons (Fsp3) is 0.364. The highest BCUT2D eigenvalue weighted by Crippen LogP contribution is 2.28. The van der Waals surface area contributed by atoms with Crippen molar-refractivity contribution in [3.05, 3.63) is 53.3 Å². The van der Waals surface area contributed by atoms with Crippen molar-refractivity contribution in [2.75, 3.05) is 29.9 Å². The number of benzene rings is 2. The van der Waals surface area contributed by atoms with Crippen LogP contribution in [0, 0.1) is 11.7 Å². The molecule has 2 amide bonds. The first kappa shape index (κ1) is 22.7. The fourth-order valence-electron chi connectivity index (χ4n) is 4.03. The third kappa shape index (κ3) is 4.65. The van der Waals surface area contributed by atoms with Crippen LogP contribution in [0.3, 0.4) is 0 Å². The molecule has 7 nitrogen and oxygen atoms in total. The van der Waals surface area contributed by atoms with Crippen LogP contribution in [0.4, 0.5) is 15.8 Å². The molecule has 2 aromatic carbocycles. The summed E-state index contributed by atoms with van der Waals surface area (Å²) in [5.74, 6) is -1.07. The van der Waals surface area contributed by atoms with Gasteiger partial charge < -0.3 is 10.2 Å². The monoisotopic (exact) mass is 479 g/mol. The van der Waals surface area contributed by atoms with Crippen molar-refractivity contribution in [2.24, 2.45) is 5.92 Å². The molecule has 0 radical (unpaired) electrons. The van der Waals surface area contributed by atoms with Gasteiger partial charge in [-0.05, 0) is 61.7 Å². The average Bonchev–Trinajstić information content (AvgIpc) is 3.22. The van der Waals surface area contributed by atoms with Crippen LogP contribution in [0.5, 0.6) is 0 Å². The maximum absolute atomic E-state index is 13.4. The van der Waals surface area contributed by atoms with Gasteiger partial charge in [0.15, 0.2) is 0 Å². The summed E-state index contributed by atoms with van der Waals surface area (Å²) in [6.45, 7) is 1.08. The van der Waals surface area contributed by atoms with E-state index in [0.29, 0.717) is 31.5 Å². The number of amides is 2. The summed E-state index contributed by atoms with van der Waals surface area (Å²) >= 11 is 5.72. The van der Waals surface area contributed by atoms with Crippen LogP contribution in [-0.4, -0.2) is 44.2 Å². The Morgan fingerprint density at radius 2 is 1.75 bits per heavy atom. The molecule has 4 rings (SSSR count). The lowest BCUT2D eigenvalue weighted by Gasteiger charge is -2.30. The summed E-state index contributed by atoms with van der Waals surface area (Å²) in [6.07, 6.45) is 2.15. The molecule has 0 aromatic heterocycles. The molecule has 0 atom stereocenters. The van der Waals surface area contributed by atoms with Gasteiger partial charge in [-0.3, -0.25) is 9.59 Å². The molecule has 2 heterocycles. The topological polar surface area (TPSA) is 86.8 Å². The van der Waals surface area contributed by atoms with Gasteiger partial charge in [0.25, 0.3) is 0 Å². The van der Waals surface area contributed by atoms with Crippen LogP contribution < -0.4 is 10.2 Å². The summed E-state index contributed by atoms with van der Waals surface area (Å²) in [5.41, 5.74) is 1.44. The molecular formula is C22H23ClFN3O4S. The number of sulfonamides is 1. The highest BCUT2D eigenvalue weighted by molar-refractivity contribution is 7.89. The van der Waals surface area contributed by atoms with E-state index in [1.807, 2.05) is 12.1 Å². The van der Waals surface area contributed by atoms with E-state index in [1.54, 1.807) is 17.0 Å². The van der Waals surface area contributed by atoms with Crippen molar-refractivity contribution < 1.29 is 22.4 Å². The van der Waals surface area contributed by atoms with Crippen LogP contribution in [0.1, 0.15) is 25.7 Å². The first-order valence-electron chi connectivity index (χ1n) is 10.4. The normalized spacial score (nSPS) is 18.2. The first-order chi connectivity index (χ1) is 15.3. The smallest absolute Gasteiger partial charge is 0.243 e. The Balaban J connectivity index is 1.34. The zero-order valence-electron chi connectivity index (χ0n) is 17.3. The van der Waals surface area contributed by atoms with Crippen LogP contribution in [-0.2, 0) is 19.6 Å². The minimum Gasteiger partial charge on any atom is -0.326 e. The summed E-state index contributed by atoms with van der Waals surface area (Å²) in [5, 5.41) is 2.62. The van der Waals surface area contributed by atoms with Gasteiger partial charge in [-0.25, -0.2) is 12.8 Å². The van der Waals surface area contributed by atoms with Gasteiger partial charge in [0.1, 0.15) is 5.82 Å². The van der Waals surface area contributed by atoms with Crippen LogP contribution in [0.25, 0.3) is 0 Å². The van der Waals surface area contributed by atoms with Crippen molar-refractivity contribution in [2.45, 2.75) is 30.6 Å². The lowest BCUT2D eigenvalue weighted by Crippen LogP contribution is -2.41. The zero-order valence-corrected chi connectivity index (χ0v) is 18.8. The molecule has 2 saturated heterocycles. The fourth-order valence-corrected chi connectivity index (χ4v) is 5.78. The van der Waals surface area contributed by atoms with Crippen molar-refractivity contribution >= 4 is 44.8 Å². The van der Waals surface area contributed by atoms with Gasteiger partial charge in [0.05, 0.1) is 9.92 Å². The summed E-state index contributed by atoms with van der Waals surface area (Å²) < 4.78 is 40.3. The Kier molecular flexibility index (Phi) is 6.50. The number of rotatable bonds is 5. The van der Waals surface area contributed by atoms with Gasteiger partial charge in [0.2, 0.25) is 21.8 Å². The first-order valence-corrected chi connectivity index (χ1v) is 12.2. The van der Waals surface area contributed by atoms with E-state index in [4.69, 9.17) is 11.6 Å². The molecule has 1 N–H and O–H groups in total. The summed E-state index contributed by atoms with van der Waals surface area (Å²) in [6, 6.07) is 10.5. The Hall–Kier alpha value is -2.49. The zero-order chi connectivity index (χ0) is 22.9. The number of nitrogens with one attached hydrogen (secondary N) is 1. The highest BCUT2D eigenvalue weighted by atomic mass is 35.5. The third-order valence-electron chi connectivity index (χ3n) is 5.87. The lowest BCUT2D eigenvalue weighted by atomic mass is 9.97. The molecule has 10 heteroatoms. The van der Waals surface area contributed by atoms with E-state index in [0.717, 1.165) is 24.2 Å². The number of carbonyl (C=O) groups is 2. The minimum atomic E-state index is -3.81. The number of piperidine rings is 1. The SMILES string of the molecule is O=C(Nc1ccc(N2CCCC2=O)cc1)C1CCN(S(=O)(=O)c2ccc(F)c(Cl)c2)CC1.